The fraction of sp³-hybridized carbons (Fsp3) is 1.00. The molecule has 0 aliphatic heterocycles. The molecule has 0 aromatic carbocycles. The number of aliphatic hydroxyl groups is 1. The minimum absolute atomic E-state index is 0.282. The van der Waals surface area contributed by atoms with Gasteiger partial charge in [-0.05, 0) is 25.7 Å². The van der Waals surface area contributed by atoms with Crippen LogP contribution < -0.4 is 0 Å². The predicted molar refractivity (Wildman–Crippen MR) is 33.6 cm³/mol. The summed E-state index contributed by atoms with van der Waals surface area (Å²) in [6.07, 6.45) is 3.44. The normalized spacial score (nSPS) is 44.6. The van der Waals surface area contributed by atoms with Crippen LogP contribution in [0.4, 0.5) is 0 Å². The number of hydrogen-bond donors (Lipinski definition) is 1. The maximum absolute atomic E-state index is 9.22. The maximum atomic E-state index is 9.22. The summed E-state index contributed by atoms with van der Waals surface area (Å²) >= 11 is 0. The summed E-state index contributed by atoms with van der Waals surface area (Å²) in [4.78, 5) is 0. The predicted octanol–water partition coefficient (Wildman–Crippen LogP) is 1.56. The van der Waals surface area contributed by atoms with Crippen LogP contribution in [0, 0.1) is 5.92 Å². The van der Waals surface area contributed by atoms with Gasteiger partial charge in [-0.1, -0.05) is 13.3 Å². The van der Waals surface area contributed by atoms with Gasteiger partial charge < -0.3 is 5.11 Å². The Kier molecular flexibility index (Phi) is 1.31. The van der Waals surface area contributed by atoms with Gasteiger partial charge in [0, 0.05) is 0 Å². The first-order valence-electron chi connectivity index (χ1n) is 3.39. The van der Waals surface area contributed by atoms with Crippen molar-refractivity contribution in [1.29, 1.82) is 0 Å². The lowest BCUT2D eigenvalue weighted by atomic mass is 10.2. The first-order chi connectivity index (χ1) is 3.67. The van der Waals surface area contributed by atoms with E-state index in [4.69, 9.17) is 0 Å². The molecule has 0 heterocycles. The van der Waals surface area contributed by atoms with E-state index < -0.39 is 0 Å². The fourth-order valence-corrected chi connectivity index (χ4v) is 1.20. The molecule has 0 unspecified atom stereocenters. The average molecular weight is 114 g/mol. The van der Waals surface area contributed by atoms with Gasteiger partial charge in [-0.2, -0.15) is 0 Å². The summed E-state index contributed by atoms with van der Waals surface area (Å²) in [5.41, 5.74) is -0.282. The highest BCUT2D eigenvalue weighted by molar-refractivity contribution is 4.98. The Hall–Kier alpha value is -0.0400. The molecular weight excluding hydrogens is 100 g/mol. The topological polar surface area (TPSA) is 20.2 Å². The third-order valence-corrected chi connectivity index (χ3v) is 2.02. The summed E-state index contributed by atoms with van der Waals surface area (Å²) in [5.74, 6) is 0.618. The van der Waals surface area contributed by atoms with Crippen molar-refractivity contribution in [2.75, 3.05) is 0 Å². The van der Waals surface area contributed by atoms with Gasteiger partial charge in [-0.15, -0.1) is 0 Å². The molecule has 1 N–H and O–H groups in total. The van der Waals surface area contributed by atoms with Gasteiger partial charge >= 0.3 is 0 Å². The molecule has 0 aromatic heterocycles. The van der Waals surface area contributed by atoms with Crippen LogP contribution in [0.5, 0.6) is 0 Å². The quantitative estimate of drug-likeness (QED) is 0.577. The molecule has 0 radical (unpaired) electrons. The first-order valence-corrected chi connectivity index (χ1v) is 3.39. The summed E-state index contributed by atoms with van der Waals surface area (Å²) < 4.78 is 0. The van der Waals surface area contributed by atoms with E-state index in [-0.39, 0.29) is 5.60 Å². The smallest absolute Gasteiger partial charge is 0.0652 e. The zero-order valence-corrected chi connectivity index (χ0v) is 5.65. The van der Waals surface area contributed by atoms with Gasteiger partial charge in [0.15, 0.2) is 0 Å². The van der Waals surface area contributed by atoms with Crippen molar-refractivity contribution in [3.8, 4) is 0 Å². The van der Waals surface area contributed by atoms with Gasteiger partial charge in [0.1, 0.15) is 0 Å². The van der Waals surface area contributed by atoms with E-state index >= 15 is 0 Å². The summed E-state index contributed by atoms with van der Waals surface area (Å²) in [5, 5.41) is 9.22. The lowest BCUT2D eigenvalue weighted by molar-refractivity contribution is 0.150. The van der Waals surface area contributed by atoms with Crippen LogP contribution in [0.15, 0.2) is 0 Å². The molecule has 0 bridgehead atoms. The van der Waals surface area contributed by atoms with Crippen molar-refractivity contribution in [3.05, 3.63) is 0 Å². The molecule has 1 rings (SSSR count). The molecule has 0 spiro atoms. The van der Waals surface area contributed by atoms with E-state index in [1.807, 2.05) is 6.92 Å². The lowest BCUT2D eigenvalue weighted by Crippen LogP contribution is -2.02. The van der Waals surface area contributed by atoms with E-state index in [1.165, 1.54) is 12.8 Å². The molecular formula is C7H14O. The average Bonchev–Trinajstić information content (AvgIpc) is 2.15. The highest BCUT2D eigenvalue weighted by Crippen LogP contribution is 2.45. The van der Waals surface area contributed by atoms with Crippen LogP contribution >= 0.6 is 0 Å². The second-order valence-corrected chi connectivity index (χ2v) is 3.05. The van der Waals surface area contributed by atoms with Gasteiger partial charge in [0.25, 0.3) is 0 Å². The molecule has 1 saturated carbocycles. The number of rotatable bonds is 2. The molecule has 2 atom stereocenters. The molecule has 1 fully saturated rings. The van der Waals surface area contributed by atoms with Crippen LogP contribution in [0.3, 0.4) is 0 Å². The molecule has 0 aromatic rings. The van der Waals surface area contributed by atoms with E-state index in [0.29, 0.717) is 5.92 Å². The van der Waals surface area contributed by atoms with Gasteiger partial charge in [0.05, 0.1) is 5.60 Å². The molecule has 1 aliphatic rings. The lowest BCUT2D eigenvalue weighted by Gasteiger charge is -1.97. The Morgan fingerprint density at radius 1 is 1.75 bits per heavy atom. The van der Waals surface area contributed by atoms with Crippen molar-refractivity contribution >= 4 is 0 Å². The maximum Gasteiger partial charge on any atom is 0.0652 e. The van der Waals surface area contributed by atoms with E-state index in [9.17, 15) is 5.11 Å². The molecule has 48 valence electrons. The van der Waals surface area contributed by atoms with Gasteiger partial charge in [-0.25, -0.2) is 0 Å². The third kappa shape index (κ3) is 1.03. The SMILES string of the molecule is CCC[C@H]1C[C@@]1(C)O. The Morgan fingerprint density at radius 2 is 2.25 bits per heavy atom. The van der Waals surface area contributed by atoms with Crippen LogP contribution in [0.1, 0.15) is 33.1 Å². The molecule has 1 aliphatic carbocycles. The fourth-order valence-electron chi connectivity index (χ4n) is 1.20. The van der Waals surface area contributed by atoms with Crippen molar-refractivity contribution in [2.24, 2.45) is 5.92 Å². The van der Waals surface area contributed by atoms with Crippen LogP contribution in [-0.2, 0) is 0 Å². The van der Waals surface area contributed by atoms with E-state index in [2.05, 4.69) is 6.92 Å². The monoisotopic (exact) mass is 114 g/mol. The minimum Gasteiger partial charge on any atom is -0.390 e. The number of hydrogen-bond acceptors (Lipinski definition) is 1. The molecule has 0 amide bonds. The van der Waals surface area contributed by atoms with E-state index in [1.54, 1.807) is 0 Å². The van der Waals surface area contributed by atoms with Crippen molar-refractivity contribution in [3.63, 3.8) is 0 Å². The standard InChI is InChI=1S/C7H14O/c1-3-4-6-5-7(6,2)8/h6,8H,3-5H2,1-2H3/t6-,7+/m0/s1. The molecule has 0 saturated heterocycles. The molecule has 1 nitrogen and oxygen atoms in total. The van der Waals surface area contributed by atoms with Crippen molar-refractivity contribution < 1.29 is 5.11 Å². The second-order valence-electron chi connectivity index (χ2n) is 3.05. The Bertz CT molecular complexity index is 86.4. The van der Waals surface area contributed by atoms with Crippen LogP contribution in [0.2, 0.25) is 0 Å². The molecule has 1 heteroatoms. The largest absolute Gasteiger partial charge is 0.390 e. The summed E-state index contributed by atoms with van der Waals surface area (Å²) in [6.45, 7) is 4.09. The first kappa shape index (κ1) is 6.09. The summed E-state index contributed by atoms with van der Waals surface area (Å²) in [7, 11) is 0. The Morgan fingerprint density at radius 3 is 2.38 bits per heavy atom. The zero-order chi connectivity index (χ0) is 6.20. The van der Waals surface area contributed by atoms with Gasteiger partial charge in [0.2, 0.25) is 0 Å². The Balaban J connectivity index is 2.17. The highest BCUT2D eigenvalue weighted by atomic mass is 16.3. The van der Waals surface area contributed by atoms with Crippen LogP contribution in [0.25, 0.3) is 0 Å². The summed E-state index contributed by atoms with van der Waals surface area (Å²) in [6, 6.07) is 0. The molecule has 8 heavy (non-hydrogen) atoms. The highest BCUT2D eigenvalue weighted by Gasteiger charge is 2.47. The minimum atomic E-state index is -0.282. The van der Waals surface area contributed by atoms with Crippen molar-refractivity contribution in [2.45, 2.75) is 38.7 Å². The second kappa shape index (κ2) is 1.73. The van der Waals surface area contributed by atoms with Gasteiger partial charge in [-0.3, -0.25) is 0 Å². The van der Waals surface area contributed by atoms with Crippen molar-refractivity contribution in [1.82, 2.24) is 0 Å². The van der Waals surface area contributed by atoms with Crippen LogP contribution in [-0.4, -0.2) is 10.7 Å². The zero-order valence-electron chi connectivity index (χ0n) is 5.65. The Labute approximate surface area is 50.7 Å². The van der Waals surface area contributed by atoms with E-state index in [0.717, 1.165) is 6.42 Å². The third-order valence-electron chi connectivity index (χ3n) is 2.02.